The van der Waals surface area contributed by atoms with Crippen molar-refractivity contribution in [1.29, 1.82) is 0 Å². The Kier molecular flexibility index (Phi) is 6.14. The third-order valence-corrected chi connectivity index (χ3v) is 4.23. The standard InChI is InChI=1S/C18H25N5O4/c1-9(2)16(17(25)21-18(19)26)27-15(24)7-6-13-11(4)20-14-8-10(3)22-23(14)12(13)5/h8-9,16H,6-7H2,1-5H3,(H3,19,21,25,26)/t16-/m1/s1. The minimum absolute atomic E-state index is 0.0716. The Morgan fingerprint density at radius 3 is 2.52 bits per heavy atom. The maximum atomic E-state index is 12.3. The van der Waals surface area contributed by atoms with Crippen LogP contribution < -0.4 is 11.1 Å². The Balaban J connectivity index is 2.09. The molecule has 146 valence electrons. The number of aryl methyl sites for hydroxylation is 3. The summed E-state index contributed by atoms with van der Waals surface area (Å²) in [6.07, 6.45) is -0.607. The Morgan fingerprint density at radius 2 is 1.93 bits per heavy atom. The van der Waals surface area contributed by atoms with Crippen molar-refractivity contribution in [3.05, 3.63) is 28.7 Å². The molecule has 0 aliphatic heterocycles. The Morgan fingerprint density at radius 1 is 1.26 bits per heavy atom. The first-order valence-corrected chi connectivity index (χ1v) is 8.72. The highest BCUT2D eigenvalue weighted by Crippen LogP contribution is 2.18. The van der Waals surface area contributed by atoms with E-state index in [9.17, 15) is 14.4 Å². The van der Waals surface area contributed by atoms with E-state index in [1.165, 1.54) is 0 Å². The summed E-state index contributed by atoms with van der Waals surface area (Å²) >= 11 is 0. The predicted octanol–water partition coefficient (Wildman–Crippen LogP) is 1.35. The first-order chi connectivity index (χ1) is 12.6. The van der Waals surface area contributed by atoms with E-state index in [0.717, 1.165) is 28.3 Å². The Hall–Kier alpha value is -2.97. The van der Waals surface area contributed by atoms with Gasteiger partial charge in [-0.15, -0.1) is 0 Å². The van der Waals surface area contributed by atoms with Crippen molar-refractivity contribution < 1.29 is 19.1 Å². The number of nitrogens with two attached hydrogens (primary N) is 1. The van der Waals surface area contributed by atoms with Crippen LogP contribution in [0, 0.1) is 26.7 Å². The number of esters is 1. The molecule has 3 amide bonds. The number of imide groups is 1. The van der Waals surface area contributed by atoms with Crippen LogP contribution in [0.4, 0.5) is 4.79 Å². The number of aromatic nitrogens is 3. The quantitative estimate of drug-likeness (QED) is 0.733. The van der Waals surface area contributed by atoms with Crippen LogP contribution in [-0.2, 0) is 20.7 Å². The Labute approximate surface area is 157 Å². The first-order valence-electron chi connectivity index (χ1n) is 8.72. The van der Waals surface area contributed by atoms with Gasteiger partial charge in [0.15, 0.2) is 11.8 Å². The molecule has 1 atom stereocenters. The molecule has 2 aromatic rings. The lowest BCUT2D eigenvalue weighted by Crippen LogP contribution is -2.45. The number of primary amides is 1. The van der Waals surface area contributed by atoms with Gasteiger partial charge >= 0.3 is 12.0 Å². The van der Waals surface area contributed by atoms with Gasteiger partial charge in [-0.25, -0.2) is 14.3 Å². The minimum atomic E-state index is -1.08. The van der Waals surface area contributed by atoms with Crippen molar-refractivity contribution in [2.24, 2.45) is 11.7 Å². The van der Waals surface area contributed by atoms with Gasteiger partial charge in [-0.1, -0.05) is 13.8 Å². The van der Waals surface area contributed by atoms with Crippen LogP contribution in [0.15, 0.2) is 6.07 Å². The van der Waals surface area contributed by atoms with Crippen LogP contribution >= 0.6 is 0 Å². The van der Waals surface area contributed by atoms with E-state index in [0.29, 0.717) is 6.42 Å². The molecule has 0 saturated heterocycles. The van der Waals surface area contributed by atoms with Gasteiger partial charge in [-0.3, -0.25) is 14.9 Å². The number of nitrogens with zero attached hydrogens (tertiary/aromatic N) is 3. The van der Waals surface area contributed by atoms with Crippen molar-refractivity contribution in [3.8, 4) is 0 Å². The average molecular weight is 375 g/mol. The molecule has 0 fully saturated rings. The molecule has 2 heterocycles. The highest BCUT2D eigenvalue weighted by molar-refractivity contribution is 5.96. The molecule has 9 nitrogen and oxygen atoms in total. The zero-order valence-corrected chi connectivity index (χ0v) is 16.2. The van der Waals surface area contributed by atoms with Crippen molar-refractivity contribution in [2.75, 3.05) is 0 Å². The summed E-state index contributed by atoms with van der Waals surface area (Å²) in [5.74, 6) is -1.57. The van der Waals surface area contributed by atoms with Gasteiger partial charge in [0, 0.05) is 23.9 Å². The third kappa shape index (κ3) is 4.81. The highest BCUT2D eigenvalue weighted by Gasteiger charge is 2.27. The molecule has 3 N–H and O–H groups in total. The SMILES string of the molecule is Cc1cc2nc(C)c(CCC(=O)O[C@@H](C(=O)NC(N)=O)C(C)C)c(C)n2n1. The molecule has 2 aromatic heterocycles. The summed E-state index contributed by atoms with van der Waals surface area (Å²) in [5, 5.41) is 6.35. The second kappa shape index (κ2) is 8.15. The number of ether oxygens (including phenoxy) is 1. The molecule has 2 rings (SSSR count). The molecule has 9 heteroatoms. The smallest absolute Gasteiger partial charge is 0.318 e. The molecule has 27 heavy (non-hydrogen) atoms. The normalized spacial score (nSPS) is 12.2. The van der Waals surface area contributed by atoms with Gasteiger partial charge < -0.3 is 10.5 Å². The fourth-order valence-electron chi connectivity index (χ4n) is 2.92. The Bertz CT molecular complexity index is 887. The topological polar surface area (TPSA) is 129 Å². The number of rotatable bonds is 6. The van der Waals surface area contributed by atoms with Crippen LogP contribution in [0.25, 0.3) is 5.65 Å². The monoisotopic (exact) mass is 375 g/mol. The van der Waals surface area contributed by atoms with Crippen molar-refractivity contribution in [2.45, 2.75) is 53.6 Å². The molecule has 0 radical (unpaired) electrons. The zero-order valence-electron chi connectivity index (χ0n) is 16.2. The van der Waals surface area contributed by atoms with E-state index in [1.54, 1.807) is 18.4 Å². The van der Waals surface area contributed by atoms with Crippen LogP contribution in [0.3, 0.4) is 0 Å². The molecule has 0 unspecified atom stereocenters. The summed E-state index contributed by atoms with van der Waals surface area (Å²) in [6.45, 7) is 9.12. The number of carbonyl (C=O) groups is 3. The van der Waals surface area contributed by atoms with Crippen molar-refractivity contribution >= 4 is 23.6 Å². The second-order valence-corrected chi connectivity index (χ2v) is 6.82. The van der Waals surface area contributed by atoms with E-state index in [2.05, 4.69) is 10.1 Å². The maximum Gasteiger partial charge on any atom is 0.318 e. The third-order valence-electron chi connectivity index (χ3n) is 4.23. The van der Waals surface area contributed by atoms with Crippen LogP contribution in [-0.4, -0.2) is 38.6 Å². The molecule has 0 aliphatic rings. The molecule has 0 aromatic carbocycles. The number of hydrogen-bond donors (Lipinski definition) is 2. The minimum Gasteiger partial charge on any atom is -0.452 e. The first kappa shape index (κ1) is 20.3. The van der Waals surface area contributed by atoms with Crippen LogP contribution in [0.2, 0.25) is 0 Å². The molecule has 0 aliphatic carbocycles. The molecule has 0 spiro atoms. The summed E-state index contributed by atoms with van der Waals surface area (Å²) < 4.78 is 7.02. The number of amides is 3. The predicted molar refractivity (Wildman–Crippen MR) is 98.0 cm³/mol. The zero-order chi connectivity index (χ0) is 20.3. The van der Waals surface area contributed by atoms with Gasteiger partial charge in [0.05, 0.1) is 5.69 Å². The summed E-state index contributed by atoms with van der Waals surface area (Å²) in [6, 6.07) is 0.907. The number of nitrogens with one attached hydrogen (secondary N) is 1. The maximum absolute atomic E-state index is 12.3. The van der Waals surface area contributed by atoms with Gasteiger partial charge in [-0.2, -0.15) is 5.10 Å². The van der Waals surface area contributed by atoms with Crippen LogP contribution in [0.1, 0.15) is 42.9 Å². The largest absolute Gasteiger partial charge is 0.452 e. The number of carbonyl (C=O) groups excluding carboxylic acids is 3. The van der Waals surface area contributed by atoms with E-state index in [1.807, 2.05) is 32.2 Å². The highest BCUT2D eigenvalue weighted by atomic mass is 16.5. The van der Waals surface area contributed by atoms with Gasteiger partial charge in [-0.05, 0) is 38.7 Å². The summed E-state index contributed by atoms with van der Waals surface area (Å²) in [4.78, 5) is 39.6. The molecule has 0 saturated carbocycles. The summed E-state index contributed by atoms with van der Waals surface area (Å²) in [7, 11) is 0. The average Bonchev–Trinajstić information content (AvgIpc) is 2.91. The fourth-order valence-corrected chi connectivity index (χ4v) is 2.92. The van der Waals surface area contributed by atoms with E-state index in [-0.39, 0.29) is 12.3 Å². The molecular weight excluding hydrogens is 350 g/mol. The van der Waals surface area contributed by atoms with Gasteiger partial charge in [0.1, 0.15) is 0 Å². The molecule has 0 bridgehead atoms. The van der Waals surface area contributed by atoms with E-state index >= 15 is 0 Å². The van der Waals surface area contributed by atoms with Gasteiger partial charge in [0.2, 0.25) is 0 Å². The van der Waals surface area contributed by atoms with Crippen molar-refractivity contribution in [1.82, 2.24) is 19.9 Å². The number of hydrogen-bond acceptors (Lipinski definition) is 6. The number of urea groups is 1. The lowest BCUT2D eigenvalue weighted by atomic mass is 10.1. The lowest BCUT2D eigenvalue weighted by Gasteiger charge is -2.20. The van der Waals surface area contributed by atoms with Crippen LogP contribution in [0.5, 0.6) is 0 Å². The second-order valence-electron chi connectivity index (χ2n) is 6.82. The lowest BCUT2D eigenvalue weighted by molar-refractivity contribution is -0.158. The molecular formula is C18H25N5O4. The van der Waals surface area contributed by atoms with E-state index < -0.39 is 24.0 Å². The fraction of sp³-hybridized carbons (Fsp3) is 0.500. The van der Waals surface area contributed by atoms with Crippen molar-refractivity contribution in [3.63, 3.8) is 0 Å². The van der Waals surface area contributed by atoms with Gasteiger partial charge in [0.25, 0.3) is 5.91 Å². The van der Waals surface area contributed by atoms with E-state index in [4.69, 9.17) is 10.5 Å². The number of fused-ring (bicyclic) bond motifs is 1. The summed E-state index contributed by atoms with van der Waals surface area (Å²) in [5.41, 5.74) is 9.21.